The average Bonchev–Trinajstić information content (AvgIpc) is 3.07. The third-order valence-electron chi connectivity index (χ3n) is 3.09. The number of halogens is 2. The third-order valence-corrected chi connectivity index (χ3v) is 3.64. The number of carbonyl (C=O) groups excluding carboxylic acids is 1. The number of nitrogens with zero attached hydrogens (tertiary/aromatic N) is 1. The zero-order valence-corrected chi connectivity index (χ0v) is 12.2. The summed E-state index contributed by atoms with van der Waals surface area (Å²) in [5.41, 5.74) is 8.55. The van der Waals surface area contributed by atoms with Gasteiger partial charge in [-0.1, -0.05) is 23.2 Å². The molecule has 0 saturated carbocycles. The minimum atomic E-state index is -0.540. The van der Waals surface area contributed by atoms with Crippen molar-refractivity contribution in [2.75, 3.05) is 0 Å². The number of primary amides is 1. The van der Waals surface area contributed by atoms with Gasteiger partial charge in [-0.15, -0.1) is 0 Å². The van der Waals surface area contributed by atoms with Gasteiger partial charge in [0.05, 0.1) is 22.5 Å². The summed E-state index contributed by atoms with van der Waals surface area (Å²) in [6.07, 6.45) is 3.35. The minimum Gasteiger partial charge on any atom is -0.366 e. The number of aromatic nitrogens is 3. The summed E-state index contributed by atoms with van der Waals surface area (Å²) in [6, 6.07) is 6.73. The molecule has 0 fully saturated rings. The predicted molar refractivity (Wildman–Crippen MR) is 82.3 cm³/mol. The van der Waals surface area contributed by atoms with Crippen LogP contribution < -0.4 is 5.73 Å². The molecule has 3 rings (SSSR count). The van der Waals surface area contributed by atoms with Crippen LogP contribution in [0.25, 0.3) is 22.5 Å². The highest BCUT2D eigenvalue weighted by Crippen LogP contribution is 2.34. The van der Waals surface area contributed by atoms with E-state index < -0.39 is 5.91 Å². The van der Waals surface area contributed by atoms with Gasteiger partial charge in [0.1, 0.15) is 0 Å². The van der Waals surface area contributed by atoms with Crippen LogP contribution in [0.15, 0.2) is 36.7 Å². The minimum absolute atomic E-state index is 0.357. The van der Waals surface area contributed by atoms with E-state index in [-0.39, 0.29) is 0 Å². The number of hydrogen-bond donors (Lipinski definition) is 3. The van der Waals surface area contributed by atoms with Gasteiger partial charge < -0.3 is 10.7 Å². The molecule has 4 N–H and O–H groups in total. The molecule has 0 unspecified atom stereocenters. The van der Waals surface area contributed by atoms with Crippen LogP contribution in [0, 0.1) is 0 Å². The highest BCUT2D eigenvalue weighted by atomic mass is 35.5. The Morgan fingerprint density at radius 3 is 2.67 bits per heavy atom. The van der Waals surface area contributed by atoms with Crippen LogP contribution in [0.2, 0.25) is 10.0 Å². The van der Waals surface area contributed by atoms with E-state index in [1.54, 1.807) is 36.7 Å². The van der Waals surface area contributed by atoms with Crippen molar-refractivity contribution in [2.24, 2.45) is 5.73 Å². The predicted octanol–water partition coefficient (Wildman–Crippen LogP) is 3.48. The van der Waals surface area contributed by atoms with Crippen molar-refractivity contribution in [1.29, 1.82) is 0 Å². The molecule has 5 nitrogen and oxygen atoms in total. The number of benzene rings is 1. The van der Waals surface area contributed by atoms with E-state index in [1.165, 1.54) is 0 Å². The third kappa shape index (κ3) is 2.53. The van der Waals surface area contributed by atoms with Crippen molar-refractivity contribution in [1.82, 2.24) is 15.2 Å². The molecule has 106 valence electrons. The van der Waals surface area contributed by atoms with Crippen LogP contribution in [0.1, 0.15) is 10.4 Å². The molecular weight excluding hydrogens is 311 g/mol. The maximum absolute atomic E-state index is 11.7. The van der Waals surface area contributed by atoms with E-state index in [4.69, 9.17) is 28.9 Å². The fourth-order valence-corrected chi connectivity index (χ4v) is 2.61. The van der Waals surface area contributed by atoms with Gasteiger partial charge >= 0.3 is 0 Å². The SMILES string of the molecule is NC(=O)c1cc(-c2cn[nH]c2)[nH]c1-c1ccc(Cl)cc1Cl. The Morgan fingerprint density at radius 2 is 2.05 bits per heavy atom. The van der Waals surface area contributed by atoms with Gasteiger partial charge in [0.2, 0.25) is 0 Å². The van der Waals surface area contributed by atoms with Gasteiger partial charge in [0.25, 0.3) is 5.91 Å². The van der Waals surface area contributed by atoms with Crippen LogP contribution in [0.4, 0.5) is 0 Å². The topological polar surface area (TPSA) is 87.6 Å². The first-order chi connectivity index (χ1) is 10.1. The van der Waals surface area contributed by atoms with Gasteiger partial charge in [0.15, 0.2) is 0 Å². The average molecular weight is 321 g/mol. The van der Waals surface area contributed by atoms with E-state index in [2.05, 4.69) is 15.2 Å². The van der Waals surface area contributed by atoms with Crippen molar-refractivity contribution in [3.05, 3.63) is 52.3 Å². The molecule has 21 heavy (non-hydrogen) atoms. The molecule has 2 aromatic heterocycles. The summed E-state index contributed by atoms with van der Waals surface area (Å²) >= 11 is 12.1. The first-order valence-electron chi connectivity index (χ1n) is 6.03. The van der Waals surface area contributed by atoms with Crippen LogP contribution in [-0.2, 0) is 0 Å². The summed E-state index contributed by atoms with van der Waals surface area (Å²) in [6.45, 7) is 0. The second-order valence-electron chi connectivity index (χ2n) is 4.45. The van der Waals surface area contributed by atoms with Crippen molar-refractivity contribution >= 4 is 29.1 Å². The number of H-pyrrole nitrogens is 2. The Kier molecular flexibility index (Phi) is 3.45. The van der Waals surface area contributed by atoms with E-state index in [1.807, 2.05) is 0 Å². The largest absolute Gasteiger partial charge is 0.366 e. The molecule has 3 aromatic rings. The Bertz CT molecular complexity index is 809. The van der Waals surface area contributed by atoms with Gasteiger partial charge in [0, 0.05) is 28.0 Å². The lowest BCUT2D eigenvalue weighted by molar-refractivity contribution is 0.100. The lowest BCUT2D eigenvalue weighted by atomic mass is 10.1. The normalized spacial score (nSPS) is 10.8. The number of aromatic amines is 2. The van der Waals surface area contributed by atoms with E-state index in [0.717, 1.165) is 11.3 Å². The maximum atomic E-state index is 11.7. The number of carbonyl (C=O) groups is 1. The number of nitrogens with two attached hydrogens (primary N) is 1. The summed E-state index contributed by atoms with van der Waals surface area (Å²) in [5.74, 6) is -0.540. The Balaban J connectivity index is 2.19. The number of nitrogens with one attached hydrogen (secondary N) is 2. The van der Waals surface area contributed by atoms with Crippen molar-refractivity contribution in [2.45, 2.75) is 0 Å². The summed E-state index contributed by atoms with van der Waals surface area (Å²) in [4.78, 5) is 14.8. The maximum Gasteiger partial charge on any atom is 0.250 e. The molecule has 1 amide bonds. The summed E-state index contributed by atoms with van der Waals surface area (Å²) < 4.78 is 0. The molecule has 0 atom stereocenters. The van der Waals surface area contributed by atoms with Gasteiger partial charge in [-0.05, 0) is 24.3 Å². The van der Waals surface area contributed by atoms with Crippen molar-refractivity contribution in [3.8, 4) is 22.5 Å². The molecule has 1 aromatic carbocycles. The van der Waals surface area contributed by atoms with Gasteiger partial charge in [-0.3, -0.25) is 9.89 Å². The number of rotatable bonds is 3. The van der Waals surface area contributed by atoms with Gasteiger partial charge in [-0.2, -0.15) is 5.10 Å². The molecule has 0 radical (unpaired) electrons. The first kappa shape index (κ1) is 13.7. The molecule has 0 spiro atoms. The lowest BCUT2D eigenvalue weighted by Crippen LogP contribution is -2.11. The standard InChI is InChI=1S/C14H10Cl2N4O/c15-8-1-2-9(11(16)3-8)13-10(14(17)21)4-12(20-13)7-5-18-19-6-7/h1-6,20H,(H2,17,21)(H,18,19). The van der Waals surface area contributed by atoms with E-state index in [0.29, 0.717) is 26.9 Å². The highest BCUT2D eigenvalue weighted by Gasteiger charge is 2.18. The number of amides is 1. The quantitative estimate of drug-likeness (QED) is 0.689. The highest BCUT2D eigenvalue weighted by molar-refractivity contribution is 6.36. The molecule has 0 aliphatic rings. The molecule has 7 heteroatoms. The Morgan fingerprint density at radius 1 is 1.24 bits per heavy atom. The second-order valence-corrected chi connectivity index (χ2v) is 5.29. The van der Waals surface area contributed by atoms with Crippen LogP contribution >= 0.6 is 23.2 Å². The summed E-state index contributed by atoms with van der Waals surface area (Å²) in [5, 5.41) is 7.55. The van der Waals surface area contributed by atoms with Crippen molar-refractivity contribution < 1.29 is 4.79 Å². The fourth-order valence-electron chi connectivity index (χ4n) is 2.11. The summed E-state index contributed by atoms with van der Waals surface area (Å²) in [7, 11) is 0. The molecule has 0 bridgehead atoms. The second kappa shape index (κ2) is 5.27. The zero-order valence-electron chi connectivity index (χ0n) is 10.7. The molecule has 0 saturated heterocycles. The van der Waals surface area contributed by atoms with Crippen LogP contribution in [0.3, 0.4) is 0 Å². The monoisotopic (exact) mass is 320 g/mol. The molecule has 0 aliphatic heterocycles. The first-order valence-corrected chi connectivity index (χ1v) is 6.79. The van der Waals surface area contributed by atoms with Gasteiger partial charge in [-0.25, -0.2) is 0 Å². The lowest BCUT2D eigenvalue weighted by Gasteiger charge is -2.04. The Hall–Kier alpha value is -2.24. The zero-order chi connectivity index (χ0) is 15.0. The molecule has 2 heterocycles. The number of hydrogen-bond acceptors (Lipinski definition) is 2. The Labute approximate surface area is 130 Å². The molecular formula is C14H10Cl2N4O. The molecule has 0 aliphatic carbocycles. The van der Waals surface area contributed by atoms with E-state index >= 15 is 0 Å². The van der Waals surface area contributed by atoms with Crippen LogP contribution in [-0.4, -0.2) is 21.1 Å². The fraction of sp³-hybridized carbons (Fsp3) is 0. The van der Waals surface area contributed by atoms with E-state index in [9.17, 15) is 4.79 Å². The van der Waals surface area contributed by atoms with Crippen LogP contribution in [0.5, 0.6) is 0 Å². The smallest absolute Gasteiger partial charge is 0.250 e. The van der Waals surface area contributed by atoms with Crippen molar-refractivity contribution in [3.63, 3.8) is 0 Å².